The maximum Gasteiger partial charge on any atom is 0.317 e. The monoisotopic (exact) mass is 288 g/mol. The lowest BCUT2D eigenvalue weighted by Crippen LogP contribution is -2.41. The summed E-state index contributed by atoms with van der Waals surface area (Å²) in [5.41, 5.74) is 2.50. The Morgan fingerprint density at radius 1 is 1.24 bits per heavy atom. The number of carboxylic acid groups (broad SMARTS) is 1. The Balaban J connectivity index is 1.65. The van der Waals surface area contributed by atoms with E-state index in [0.717, 1.165) is 19.3 Å². The number of nitrogens with one attached hydrogen (secondary N) is 1. The van der Waals surface area contributed by atoms with E-state index in [0.29, 0.717) is 19.5 Å². The van der Waals surface area contributed by atoms with E-state index in [2.05, 4.69) is 17.4 Å². The number of carbonyl (C=O) groups excluding carboxylic acids is 1. The van der Waals surface area contributed by atoms with Crippen molar-refractivity contribution in [3.63, 3.8) is 0 Å². The molecule has 2 atom stereocenters. The minimum atomic E-state index is -0.812. The molecule has 0 aromatic heterocycles. The third-order valence-electron chi connectivity index (χ3n) is 4.49. The van der Waals surface area contributed by atoms with Gasteiger partial charge in [0.05, 0.1) is 12.0 Å². The molecule has 1 fully saturated rings. The summed E-state index contributed by atoms with van der Waals surface area (Å²) in [6, 6.07) is 8.13. The molecule has 2 unspecified atom stereocenters. The SMILES string of the molecule is O=C(O)C1CCN(C(=O)NC2CCCc3ccccc32)C1. The number of hydrogen-bond donors (Lipinski definition) is 2. The summed E-state index contributed by atoms with van der Waals surface area (Å²) in [7, 11) is 0. The zero-order valence-electron chi connectivity index (χ0n) is 11.9. The molecule has 0 spiro atoms. The van der Waals surface area contributed by atoms with Crippen LogP contribution in [0.1, 0.15) is 36.4 Å². The van der Waals surface area contributed by atoms with Crippen molar-refractivity contribution in [3.05, 3.63) is 35.4 Å². The highest BCUT2D eigenvalue weighted by Gasteiger charge is 2.32. The van der Waals surface area contributed by atoms with Crippen LogP contribution < -0.4 is 5.32 Å². The summed E-state index contributed by atoms with van der Waals surface area (Å²) in [6.07, 6.45) is 3.62. The Kier molecular flexibility index (Phi) is 3.82. The fraction of sp³-hybridized carbons (Fsp3) is 0.500. The highest BCUT2D eigenvalue weighted by molar-refractivity contribution is 5.77. The molecule has 1 aliphatic carbocycles. The highest BCUT2D eigenvalue weighted by atomic mass is 16.4. The second kappa shape index (κ2) is 5.76. The standard InChI is InChI=1S/C16H20N2O3/c19-15(20)12-8-9-18(10-12)16(21)17-14-7-3-5-11-4-1-2-6-13(11)14/h1-2,4,6,12,14H,3,5,7-10H2,(H,17,21)(H,19,20). The van der Waals surface area contributed by atoms with Crippen molar-refractivity contribution >= 4 is 12.0 Å². The molecule has 1 aliphatic heterocycles. The molecule has 1 saturated heterocycles. The van der Waals surface area contributed by atoms with E-state index in [1.165, 1.54) is 11.1 Å². The van der Waals surface area contributed by atoms with Crippen molar-refractivity contribution in [1.29, 1.82) is 0 Å². The minimum Gasteiger partial charge on any atom is -0.481 e. The molecule has 5 nitrogen and oxygen atoms in total. The highest BCUT2D eigenvalue weighted by Crippen LogP contribution is 2.29. The number of likely N-dealkylation sites (tertiary alicyclic amines) is 1. The van der Waals surface area contributed by atoms with Crippen LogP contribution in [0.3, 0.4) is 0 Å². The second-order valence-corrected chi connectivity index (χ2v) is 5.86. The van der Waals surface area contributed by atoms with Crippen LogP contribution in [0.25, 0.3) is 0 Å². The van der Waals surface area contributed by atoms with E-state index in [-0.39, 0.29) is 12.1 Å². The lowest BCUT2D eigenvalue weighted by atomic mass is 9.88. The van der Waals surface area contributed by atoms with Crippen LogP contribution >= 0.6 is 0 Å². The van der Waals surface area contributed by atoms with Crippen molar-refractivity contribution in [2.75, 3.05) is 13.1 Å². The molecule has 2 N–H and O–H groups in total. The van der Waals surface area contributed by atoms with Gasteiger partial charge in [0.25, 0.3) is 0 Å². The zero-order valence-corrected chi connectivity index (χ0v) is 11.9. The molecule has 112 valence electrons. The molecule has 3 rings (SSSR count). The van der Waals surface area contributed by atoms with Crippen LogP contribution in [0, 0.1) is 5.92 Å². The van der Waals surface area contributed by atoms with Gasteiger partial charge >= 0.3 is 12.0 Å². The predicted molar refractivity (Wildman–Crippen MR) is 78.0 cm³/mol. The first-order valence-corrected chi connectivity index (χ1v) is 7.51. The normalized spacial score (nSPS) is 24.5. The molecule has 2 amide bonds. The number of nitrogens with zero attached hydrogens (tertiary/aromatic N) is 1. The third-order valence-corrected chi connectivity index (χ3v) is 4.49. The van der Waals surface area contributed by atoms with Crippen LogP contribution in [0.15, 0.2) is 24.3 Å². The van der Waals surface area contributed by atoms with Gasteiger partial charge < -0.3 is 15.3 Å². The second-order valence-electron chi connectivity index (χ2n) is 5.86. The molecular weight excluding hydrogens is 268 g/mol. The van der Waals surface area contributed by atoms with Gasteiger partial charge in [0.15, 0.2) is 0 Å². The van der Waals surface area contributed by atoms with E-state index in [1.807, 2.05) is 12.1 Å². The predicted octanol–water partition coefficient (Wildman–Crippen LogP) is 2.18. The molecule has 2 aliphatic rings. The van der Waals surface area contributed by atoms with E-state index in [9.17, 15) is 9.59 Å². The lowest BCUT2D eigenvalue weighted by molar-refractivity contribution is -0.141. The topological polar surface area (TPSA) is 69.6 Å². The van der Waals surface area contributed by atoms with E-state index in [1.54, 1.807) is 4.90 Å². The van der Waals surface area contributed by atoms with Gasteiger partial charge in [-0.1, -0.05) is 24.3 Å². The van der Waals surface area contributed by atoms with Crippen molar-refractivity contribution in [3.8, 4) is 0 Å². The number of carboxylic acids is 1. The minimum absolute atomic E-state index is 0.0475. The Bertz CT molecular complexity index is 558. The van der Waals surface area contributed by atoms with Crippen molar-refractivity contribution in [2.24, 2.45) is 5.92 Å². The molecular formula is C16H20N2O3. The number of urea groups is 1. The molecule has 0 radical (unpaired) electrons. The average Bonchev–Trinajstić information content (AvgIpc) is 2.98. The summed E-state index contributed by atoms with van der Waals surface area (Å²) in [4.78, 5) is 24.9. The number of carbonyl (C=O) groups is 2. The summed E-state index contributed by atoms with van der Waals surface area (Å²) in [5.74, 6) is -1.23. The number of hydrogen-bond acceptors (Lipinski definition) is 2. The Labute approximate surface area is 123 Å². The molecule has 21 heavy (non-hydrogen) atoms. The summed E-state index contributed by atoms with van der Waals surface area (Å²) < 4.78 is 0. The van der Waals surface area contributed by atoms with Crippen LogP contribution in [-0.2, 0) is 11.2 Å². The largest absolute Gasteiger partial charge is 0.481 e. The molecule has 1 aromatic rings. The first kappa shape index (κ1) is 13.9. The fourth-order valence-electron chi connectivity index (χ4n) is 3.29. The van der Waals surface area contributed by atoms with Gasteiger partial charge in [-0.15, -0.1) is 0 Å². The average molecular weight is 288 g/mol. The summed E-state index contributed by atoms with van der Waals surface area (Å²) >= 11 is 0. The fourth-order valence-corrected chi connectivity index (χ4v) is 3.29. The number of aryl methyl sites for hydroxylation is 1. The molecule has 0 bridgehead atoms. The van der Waals surface area contributed by atoms with E-state index in [4.69, 9.17) is 5.11 Å². The maximum absolute atomic E-state index is 12.3. The number of fused-ring (bicyclic) bond motifs is 1. The van der Waals surface area contributed by atoms with Crippen molar-refractivity contribution in [2.45, 2.75) is 31.7 Å². The van der Waals surface area contributed by atoms with Gasteiger partial charge in [-0.3, -0.25) is 4.79 Å². The molecule has 1 heterocycles. The number of rotatable bonds is 2. The first-order chi connectivity index (χ1) is 10.1. The number of aliphatic carboxylic acids is 1. The van der Waals surface area contributed by atoms with E-state index < -0.39 is 11.9 Å². The summed E-state index contributed by atoms with van der Waals surface area (Å²) in [6.45, 7) is 0.840. The smallest absolute Gasteiger partial charge is 0.317 e. The van der Waals surface area contributed by atoms with Gasteiger partial charge in [0.2, 0.25) is 0 Å². The van der Waals surface area contributed by atoms with Gasteiger partial charge in [-0.2, -0.15) is 0 Å². The first-order valence-electron chi connectivity index (χ1n) is 7.51. The van der Waals surface area contributed by atoms with Gasteiger partial charge in [-0.05, 0) is 36.8 Å². The van der Waals surface area contributed by atoms with Crippen molar-refractivity contribution < 1.29 is 14.7 Å². The molecule has 0 saturated carbocycles. The Morgan fingerprint density at radius 2 is 2.05 bits per heavy atom. The van der Waals surface area contributed by atoms with E-state index >= 15 is 0 Å². The molecule has 1 aromatic carbocycles. The number of benzene rings is 1. The quantitative estimate of drug-likeness (QED) is 0.876. The Hall–Kier alpha value is -2.04. The maximum atomic E-state index is 12.3. The summed E-state index contributed by atoms with van der Waals surface area (Å²) in [5, 5.41) is 12.1. The van der Waals surface area contributed by atoms with Crippen LogP contribution in [0.2, 0.25) is 0 Å². The van der Waals surface area contributed by atoms with Gasteiger partial charge in [0.1, 0.15) is 0 Å². The third kappa shape index (κ3) is 2.86. The lowest BCUT2D eigenvalue weighted by Gasteiger charge is -2.28. The van der Waals surface area contributed by atoms with Gasteiger partial charge in [0, 0.05) is 13.1 Å². The van der Waals surface area contributed by atoms with Crippen molar-refractivity contribution in [1.82, 2.24) is 10.2 Å². The van der Waals surface area contributed by atoms with Crippen LogP contribution in [0.5, 0.6) is 0 Å². The van der Waals surface area contributed by atoms with Gasteiger partial charge in [-0.25, -0.2) is 4.79 Å². The molecule has 5 heteroatoms. The van der Waals surface area contributed by atoms with Crippen LogP contribution in [-0.4, -0.2) is 35.1 Å². The zero-order chi connectivity index (χ0) is 14.8. The van der Waals surface area contributed by atoms with Crippen LogP contribution in [0.4, 0.5) is 4.79 Å². The Morgan fingerprint density at radius 3 is 2.81 bits per heavy atom. The number of amides is 2.